The minimum Gasteiger partial charge on any atom is -0.313 e. The van der Waals surface area contributed by atoms with Gasteiger partial charge in [-0.25, -0.2) is 17.5 Å². The van der Waals surface area contributed by atoms with Crippen LogP contribution in [0.25, 0.3) is 0 Å². The molecule has 112 valence electrons. The molecule has 0 fully saturated rings. The van der Waals surface area contributed by atoms with Gasteiger partial charge >= 0.3 is 0 Å². The molecule has 0 saturated heterocycles. The summed E-state index contributed by atoms with van der Waals surface area (Å²) >= 11 is 3.14. The second kappa shape index (κ2) is 7.51. The first-order valence-electron chi connectivity index (χ1n) is 5.82. The van der Waals surface area contributed by atoms with Gasteiger partial charge in [0.05, 0.1) is 0 Å². The average molecular weight is 386 g/mol. The molecule has 8 heteroatoms. The van der Waals surface area contributed by atoms with Gasteiger partial charge in [0.2, 0.25) is 10.0 Å². The summed E-state index contributed by atoms with van der Waals surface area (Å²) in [6, 6.07) is 3.85. The van der Waals surface area contributed by atoms with E-state index in [2.05, 4.69) is 26.0 Å². The highest BCUT2D eigenvalue weighted by atomic mass is 79.9. The third-order valence-electron chi connectivity index (χ3n) is 2.83. The molecule has 20 heavy (non-hydrogen) atoms. The van der Waals surface area contributed by atoms with Crippen LogP contribution < -0.4 is 10.0 Å². The van der Waals surface area contributed by atoms with Crippen molar-refractivity contribution >= 4 is 38.4 Å². The molecule has 0 spiro atoms. The van der Waals surface area contributed by atoms with Crippen LogP contribution in [-0.4, -0.2) is 28.1 Å². The van der Waals surface area contributed by atoms with Gasteiger partial charge in [0.1, 0.15) is 10.7 Å². The number of hydrogen-bond acceptors (Lipinski definition) is 3. The van der Waals surface area contributed by atoms with Gasteiger partial charge in [0.25, 0.3) is 0 Å². The van der Waals surface area contributed by atoms with Crippen molar-refractivity contribution in [3.63, 3.8) is 0 Å². The number of hydrogen-bond donors (Lipinski definition) is 2. The molecule has 0 radical (unpaired) electrons. The number of halogens is 3. The summed E-state index contributed by atoms with van der Waals surface area (Å²) in [5, 5.41) is 3.14. The van der Waals surface area contributed by atoms with E-state index < -0.39 is 15.8 Å². The second-order valence-corrected chi connectivity index (χ2v) is 6.87. The zero-order valence-electron chi connectivity index (χ0n) is 10.5. The first-order valence-corrected chi connectivity index (χ1v) is 8.10. The largest absolute Gasteiger partial charge is 0.313 e. The van der Waals surface area contributed by atoms with Crippen molar-refractivity contribution in [3.8, 4) is 0 Å². The standard InChI is InChI=1S/C12H14BrFN2O2S.ClH/c13-10-1-2-11(14)12(7-10)19(17,18)16-8-9-3-5-15-6-4-9;/h1-3,7,15-16H,4-6,8H2;1H. The lowest BCUT2D eigenvalue weighted by molar-refractivity contribution is 0.557. The topological polar surface area (TPSA) is 58.2 Å². The molecule has 1 aromatic rings. The van der Waals surface area contributed by atoms with Crippen LogP contribution in [0.4, 0.5) is 4.39 Å². The number of nitrogens with one attached hydrogen (secondary N) is 2. The third-order valence-corrected chi connectivity index (χ3v) is 4.74. The van der Waals surface area contributed by atoms with E-state index >= 15 is 0 Å². The molecule has 1 aliphatic rings. The van der Waals surface area contributed by atoms with Gasteiger partial charge < -0.3 is 5.32 Å². The predicted octanol–water partition coefficient (Wildman–Crippen LogP) is 2.21. The Bertz CT molecular complexity index is 607. The van der Waals surface area contributed by atoms with E-state index in [9.17, 15) is 12.8 Å². The average Bonchev–Trinajstić information content (AvgIpc) is 2.40. The summed E-state index contributed by atoms with van der Waals surface area (Å²) in [7, 11) is -3.83. The Morgan fingerprint density at radius 3 is 2.80 bits per heavy atom. The molecular formula is C12H15BrClFN2O2S. The Morgan fingerprint density at radius 2 is 2.15 bits per heavy atom. The molecule has 0 unspecified atom stereocenters. The van der Waals surface area contributed by atoms with E-state index in [1.54, 1.807) is 0 Å². The van der Waals surface area contributed by atoms with Crippen molar-refractivity contribution in [2.45, 2.75) is 11.3 Å². The maximum atomic E-state index is 13.6. The summed E-state index contributed by atoms with van der Waals surface area (Å²) in [5.41, 5.74) is 1.01. The number of benzene rings is 1. The monoisotopic (exact) mass is 384 g/mol. The van der Waals surface area contributed by atoms with E-state index in [1.807, 2.05) is 6.08 Å². The zero-order chi connectivity index (χ0) is 13.9. The summed E-state index contributed by atoms with van der Waals surface area (Å²) in [6.45, 7) is 1.79. The highest BCUT2D eigenvalue weighted by Gasteiger charge is 2.19. The van der Waals surface area contributed by atoms with Crippen LogP contribution in [0, 0.1) is 5.82 Å². The second-order valence-electron chi connectivity index (χ2n) is 4.22. The van der Waals surface area contributed by atoms with Gasteiger partial charge in [0, 0.05) is 17.6 Å². The molecule has 0 saturated carbocycles. The Morgan fingerprint density at radius 1 is 1.40 bits per heavy atom. The number of sulfonamides is 1. The lowest BCUT2D eigenvalue weighted by Crippen LogP contribution is -2.30. The quantitative estimate of drug-likeness (QED) is 0.781. The first-order chi connectivity index (χ1) is 8.99. The van der Waals surface area contributed by atoms with E-state index in [1.165, 1.54) is 12.1 Å². The van der Waals surface area contributed by atoms with Crippen LogP contribution in [-0.2, 0) is 10.0 Å². The van der Waals surface area contributed by atoms with Gasteiger partial charge in [0.15, 0.2) is 0 Å². The van der Waals surface area contributed by atoms with Gasteiger partial charge in [-0.2, -0.15) is 0 Å². The van der Waals surface area contributed by atoms with Crippen molar-refractivity contribution < 1.29 is 12.8 Å². The van der Waals surface area contributed by atoms with E-state index in [0.29, 0.717) is 4.47 Å². The van der Waals surface area contributed by atoms with Crippen molar-refractivity contribution in [1.29, 1.82) is 0 Å². The summed E-state index contributed by atoms with van der Waals surface area (Å²) in [4.78, 5) is -0.337. The summed E-state index contributed by atoms with van der Waals surface area (Å²) < 4.78 is 40.6. The predicted molar refractivity (Wildman–Crippen MR) is 82.1 cm³/mol. The fourth-order valence-electron chi connectivity index (χ4n) is 1.78. The molecule has 1 aromatic carbocycles. The molecule has 1 heterocycles. The SMILES string of the molecule is Cl.O=S(=O)(NCC1=CCNCC1)c1cc(Br)ccc1F. The van der Waals surface area contributed by atoms with Crippen LogP contribution in [0.2, 0.25) is 0 Å². The molecule has 0 aliphatic carbocycles. The fourth-order valence-corrected chi connectivity index (χ4v) is 3.43. The van der Waals surface area contributed by atoms with Gasteiger partial charge in [-0.05, 0) is 31.2 Å². The molecule has 4 nitrogen and oxygen atoms in total. The van der Waals surface area contributed by atoms with Gasteiger partial charge in [-0.3, -0.25) is 0 Å². The lowest BCUT2D eigenvalue weighted by atomic mass is 10.1. The molecular weight excluding hydrogens is 371 g/mol. The Balaban J connectivity index is 0.00000200. The molecule has 0 bridgehead atoms. The minimum atomic E-state index is -3.83. The van der Waals surface area contributed by atoms with Crippen LogP contribution in [0.5, 0.6) is 0 Å². The van der Waals surface area contributed by atoms with Crippen molar-refractivity contribution in [2.24, 2.45) is 0 Å². The highest BCUT2D eigenvalue weighted by molar-refractivity contribution is 9.10. The van der Waals surface area contributed by atoms with Crippen LogP contribution >= 0.6 is 28.3 Å². The van der Waals surface area contributed by atoms with E-state index in [-0.39, 0.29) is 23.8 Å². The number of rotatable bonds is 4. The van der Waals surface area contributed by atoms with E-state index in [4.69, 9.17) is 0 Å². The van der Waals surface area contributed by atoms with Crippen LogP contribution in [0.3, 0.4) is 0 Å². The third kappa shape index (κ3) is 4.53. The Hall–Kier alpha value is -0.470. The molecule has 0 amide bonds. The van der Waals surface area contributed by atoms with Crippen molar-refractivity contribution in [3.05, 3.63) is 40.1 Å². The minimum absolute atomic E-state index is 0. The summed E-state index contributed by atoms with van der Waals surface area (Å²) in [5.74, 6) is -0.755. The smallest absolute Gasteiger partial charge is 0.243 e. The van der Waals surface area contributed by atoms with Crippen LogP contribution in [0.1, 0.15) is 6.42 Å². The normalized spacial score (nSPS) is 15.4. The Kier molecular flexibility index (Phi) is 6.60. The van der Waals surface area contributed by atoms with Crippen molar-refractivity contribution in [2.75, 3.05) is 19.6 Å². The van der Waals surface area contributed by atoms with E-state index in [0.717, 1.165) is 31.1 Å². The molecule has 2 N–H and O–H groups in total. The lowest BCUT2D eigenvalue weighted by Gasteiger charge is -2.15. The molecule has 2 rings (SSSR count). The van der Waals surface area contributed by atoms with Gasteiger partial charge in [-0.15, -0.1) is 12.4 Å². The maximum absolute atomic E-state index is 13.6. The summed E-state index contributed by atoms with van der Waals surface area (Å²) in [6.07, 6.45) is 2.74. The van der Waals surface area contributed by atoms with Crippen molar-refractivity contribution in [1.82, 2.24) is 10.0 Å². The van der Waals surface area contributed by atoms with Crippen LogP contribution in [0.15, 0.2) is 39.2 Å². The molecule has 0 atom stereocenters. The first kappa shape index (κ1) is 17.6. The highest BCUT2D eigenvalue weighted by Crippen LogP contribution is 2.20. The maximum Gasteiger partial charge on any atom is 0.243 e. The Labute approximate surface area is 132 Å². The zero-order valence-corrected chi connectivity index (χ0v) is 13.7. The van der Waals surface area contributed by atoms with Gasteiger partial charge in [-0.1, -0.05) is 27.6 Å². The molecule has 0 aromatic heterocycles. The fraction of sp³-hybridized carbons (Fsp3) is 0.333. The molecule has 1 aliphatic heterocycles.